The number of allylic oxidation sites excluding steroid dienone is 1. The van der Waals surface area contributed by atoms with Gasteiger partial charge in [-0.05, 0) is 19.3 Å². The average Bonchev–Trinajstić information content (AvgIpc) is 1.94. The molecule has 0 spiro atoms. The second-order valence-electron chi connectivity index (χ2n) is 2.71. The quantitative estimate of drug-likeness (QED) is 0.472. The molecule has 1 aliphatic carbocycles. The minimum atomic E-state index is -0.782. The van der Waals surface area contributed by atoms with E-state index in [9.17, 15) is 4.39 Å². The van der Waals surface area contributed by atoms with Crippen molar-refractivity contribution in [3.8, 4) is 6.07 Å². The molecular weight excluding hydrogens is 129 g/mol. The van der Waals surface area contributed by atoms with E-state index in [-0.39, 0.29) is 5.92 Å². The van der Waals surface area contributed by atoms with Gasteiger partial charge in [0.05, 0.1) is 12.0 Å². The lowest BCUT2D eigenvalue weighted by atomic mass is 9.85. The Morgan fingerprint density at radius 3 is 2.90 bits per heavy atom. The molecule has 0 aromatic carbocycles. The fraction of sp³-hybridized carbons (Fsp3) is 0.625. The highest BCUT2D eigenvalue weighted by atomic mass is 19.1. The third-order valence-electron chi connectivity index (χ3n) is 1.92. The Balaban J connectivity index is 2.56. The van der Waals surface area contributed by atoms with Crippen LogP contribution in [0.2, 0.25) is 0 Å². The van der Waals surface area contributed by atoms with Crippen LogP contribution in [0.15, 0.2) is 12.2 Å². The monoisotopic (exact) mass is 139 g/mol. The van der Waals surface area contributed by atoms with Crippen LogP contribution in [-0.4, -0.2) is 6.17 Å². The van der Waals surface area contributed by atoms with Gasteiger partial charge in [0.2, 0.25) is 0 Å². The number of alkyl halides is 1. The number of hydrogen-bond donors (Lipinski definition) is 0. The summed E-state index contributed by atoms with van der Waals surface area (Å²) in [7, 11) is 0. The first kappa shape index (κ1) is 7.27. The van der Waals surface area contributed by atoms with E-state index in [4.69, 9.17) is 5.26 Å². The molecule has 1 fully saturated rings. The lowest BCUT2D eigenvalue weighted by molar-refractivity contribution is 0.256. The average molecular weight is 139 g/mol. The van der Waals surface area contributed by atoms with Gasteiger partial charge in [-0.2, -0.15) is 5.26 Å². The van der Waals surface area contributed by atoms with Crippen molar-refractivity contribution in [3.05, 3.63) is 12.2 Å². The van der Waals surface area contributed by atoms with E-state index in [1.807, 2.05) is 6.07 Å². The van der Waals surface area contributed by atoms with Gasteiger partial charge in [0.1, 0.15) is 6.17 Å². The summed E-state index contributed by atoms with van der Waals surface area (Å²) < 4.78 is 12.6. The largest absolute Gasteiger partial charge is 0.247 e. The van der Waals surface area contributed by atoms with Crippen LogP contribution in [0.3, 0.4) is 0 Å². The third-order valence-corrected chi connectivity index (χ3v) is 1.92. The minimum Gasteiger partial charge on any atom is -0.247 e. The van der Waals surface area contributed by atoms with Gasteiger partial charge >= 0.3 is 0 Å². The highest BCUT2D eigenvalue weighted by Gasteiger charge is 2.23. The molecule has 2 unspecified atom stereocenters. The summed E-state index contributed by atoms with van der Waals surface area (Å²) in [6.45, 7) is 3.71. The van der Waals surface area contributed by atoms with Gasteiger partial charge in [-0.1, -0.05) is 12.2 Å². The zero-order valence-corrected chi connectivity index (χ0v) is 5.81. The molecule has 2 atom stereocenters. The molecule has 2 heteroatoms. The van der Waals surface area contributed by atoms with Gasteiger partial charge in [-0.15, -0.1) is 0 Å². The highest BCUT2D eigenvalue weighted by molar-refractivity contribution is 5.13. The molecule has 0 aliphatic heterocycles. The summed E-state index contributed by atoms with van der Waals surface area (Å²) in [5.74, 6) is -0.233. The van der Waals surface area contributed by atoms with Crippen molar-refractivity contribution in [1.29, 1.82) is 5.26 Å². The molecule has 1 nitrogen and oxygen atoms in total. The van der Waals surface area contributed by atoms with Crippen LogP contribution in [0.5, 0.6) is 0 Å². The molecule has 0 amide bonds. The first-order chi connectivity index (χ1) is 4.74. The van der Waals surface area contributed by atoms with Crippen molar-refractivity contribution >= 4 is 0 Å². The van der Waals surface area contributed by atoms with E-state index < -0.39 is 6.17 Å². The van der Waals surface area contributed by atoms with Crippen molar-refractivity contribution in [2.45, 2.75) is 25.4 Å². The molecule has 1 saturated carbocycles. The molecule has 0 radical (unpaired) electrons. The second-order valence-corrected chi connectivity index (χ2v) is 2.71. The SMILES string of the molecule is C=C1CCC(F)CC1C#N. The lowest BCUT2D eigenvalue weighted by Crippen LogP contribution is -2.16. The van der Waals surface area contributed by atoms with Gasteiger partial charge in [0.25, 0.3) is 0 Å². The summed E-state index contributed by atoms with van der Waals surface area (Å²) in [5, 5.41) is 8.50. The summed E-state index contributed by atoms with van der Waals surface area (Å²) in [5.41, 5.74) is 0.899. The van der Waals surface area contributed by atoms with Crippen molar-refractivity contribution in [2.75, 3.05) is 0 Å². The van der Waals surface area contributed by atoms with Crippen LogP contribution in [0.25, 0.3) is 0 Å². The van der Waals surface area contributed by atoms with E-state index in [2.05, 4.69) is 6.58 Å². The van der Waals surface area contributed by atoms with Crippen LogP contribution in [0.1, 0.15) is 19.3 Å². The zero-order chi connectivity index (χ0) is 7.56. The Hall–Kier alpha value is -0.840. The molecule has 0 saturated heterocycles. The molecule has 0 heterocycles. The fourth-order valence-corrected chi connectivity index (χ4v) is 1.20. The van der Waals surface area contributed by atoms with E-state index in [1.54, 1.807) is 0 Å². The molecule has 0 N–H and O–H groups in total. The summed E-state index contributed by atoms with van der Waals surface area (Å²) in [6, 6.07) is 2.04. The number of rotatable bonds is 0. The number of halogens is 1. The molecule has 1 aliphatic rings. The van der Waals surface area contributed by atoms with Crippen molar-refractivity contribution in [3.63, 3.8) is 0 Å². The van der Waals surface area contributed by atoms with Crippen molar-refractivity contribution in [2.24, 2.45) is 5.92 Å². The number of nitriles is 1. The topological polar surface area (TPSA) is 23.8 Å². The molecule has 0 aromatic rings. The maximum atomic E-state index is 12.6. The predicted molar refractivity (Wildman–Crippen MR) is 37.0 cm³/mol. The Morgan fingerprint density at radius 1 is 1.70 bits per heavy atom. The lowest BCUT2D eigenvalue weighted by Gasteiger charge is -2.21. The molecule has 54 valence electrons. The Bertz CT molecular complexity index is 180. The first-order valence-corrected chi connectivity index (χ1v) is 3.45. The van der Waals surface area contributed by atoms with E-state index >= 15 is 0 Å². The van der Waals surface area contributed by atoms with Crippen LogP contribution >= 0.6 is 0 Å². The first-order valence-electron chi connectivity index (χ1n) is 3.45. The summed E-state index contributed by atoms with van der Waals surface area (Å²) >= 11 is 0. The van der Waals surface area contributed by atoms with Gasteiger partial charge in [-0.3, -0.25) is 0 Å². The molecular formula is C8H10FN. The Labute approximate surface area is 60.2 Å². The van der Waals surface area contributed by atoms with Gasteiger partial charge in [-0.25, -0.2) is 4.39 Å². The Kier molecular flexibility index (Phi) is 2.06. The number of nitrogens with zero attached hydrogens (tertiary/aromatic N) is 1. The highest BCUT2D eigenvalue weighted by Crippen LogP contribution is 2.29. The smallest absolute Gasteiger partial charge is 0.102 e. The third kappa shape index (κ3) is 1.36. The summed E-state index contributed by atoms with van der Waals surface area (Å²) in [6.07, 6.45) is 0.807. The predicted octanol–water partition coefficient (Wildman–Crippen LogP) is 2.20. The molecule has 1 rings (SSSR count). The van der Waals surface area contributed by atoms with Gasteiger partial charge < -0.3 is 0 Å². The molecule has 0 bridgehead atoms. The number of hydrogen-bond acceptors (Lipinski definition) is 1. The normalized spacial score (nSPS) is 33.4. The van der Waals surface area contributed by atoms with Gasteiger partial charge in [0, 0.05) is 0 Å². The van der Waals surface area contributed by atoms with E-state index in [1.165, 1.54) is 0 Å². The zero-order valence-electron chi connectivity index (χ0n) is 5.81. The van der Waals surface area contributed by atoms with Crippen LogP contribution < -0.4 is 0 Å². The van der Waals surface area contributed by atoms with Crippen molar-refractivity contribution in [1.82, 2.24) is 0 Å². The van der Waals surface area contributed by atoms with Crippen LogP contribution in [0, 0.1) is 17.2 Å². The van der Waals surface area contributed by atoms with Crippen molar-refractivity contribution < 1.29 is 4.39 Å². The molecule has 0 aromatic heterocycles. The van der Waals surface area contributed by atoms with E-state index in [0.29, 0.717) is 19.3 Å². The van der Waals surface area contributed by atoms with E-state index in [0.717, 1.165) is 5.57 Å². The van der Waals surface area contributed by atoms with Gasteiger partial charge in [0.15, 0.2) is 0 Å². The maximum Gasteiger partial charge on any atom is 0.102 e. The van der Waals surface area contributed by atoms with Crippen LogP contribution in [0.4, 0.5) is 4.39 Å². The Morgan fingerprint density at radius 2 is 2.40 bits per heavy atom. The molecule has 10 heavy (non-hydrogen) atoms. The summed E-state index contributed by atoms with van der Waals surface area (Å²) in [4.78, 5) is 0. The maximum absolute atomic E-state index is 12.6. The van der Waals surface area contributed by atoms with Crippen LogP contribution in [-0.2, 0) is 0 Å². The second kappa shape index (κ2) is 2.83. The standard InChI is InChI=1S/C8H10FN/c1-6-2-3-8(9)4-7(6)5-10/h7-8H,1-4H2. The minimum absolute atomic E-state index is 0.233. The fourth-order valence-electron chi connectivity index (χ4n) is 1.20.